The van der Waals surface area contributed by atoms with Gasteiger partial charge < -0.3 is 15.0 Å². The second kappa shape index (κ2) is 11.2. The summed E-state index contributed by atoms with van der Waals surface area (Å²) < 4.78 is 19.8. The predicted molar refractivity (Wildman–Crippen MR) is 147 cm³/mol. The Hall–Kier alpha value is -4.19. The molecule has 0 aliphatic carbocycles. The molecule has 0 fully saturated rings. The lowest BCUT2D eigenvalue weighted by molar-refractivity contribution is -0.116. The Kier molecular flexibility index (Phi) is 7.45. The van der Waals surface area contributed by atoms with E-state index in [1.165, 1.54) is 6.07 Å². The SMILES string of the molecule is CCCCOc1ccc(NC(=O)CCCc2c(-c3ccc4ccccc4n3)[nH]c3ccc(F)cc23)cc1. The zero-order valence-corrected chi connectivity index (χ0v) is 20.9. The smallest absolute Gasteiger partial charge is 0.224 e. The van der Waals surface area contributed by atoms with Crippen molar-refractivity contribution in [3.05, 3.63) is 90.2 Å². The first-order chi connectivity index (χ1) is 18.1. The Morgan fingerprint density at radius 2 is 1.84 bits per heavy atom. The number of amides is 1. The Morgan fingerprint density at radius 1 is 1.00 bits per heavy atom. The van der Waals surface area contributed by atoms with Crippen molar-refractivity contribution in [3.8, 4) is 17.1 Å². The fourth-order valence-electron chi connectivity index (χ4n) is 4.52. The van der Waals surface area contributed by atoms with Gasteiger partial charge in [0, 0.05) is 28.4 Å². The van der Waals surface area contributed by atoms with Crippen LogP contribution >= 0.6 is 0 Å². The van der Waals surface area contributed by atoms with Crippen molar-refractivity contribution >= 4 is 33.4 Å². The van der Waals surface area contributed by atoms with Crippen LogP contribution in [-0.4, -0.2) is 22.5 Å². The fraction of sp³-hybridized carbons (Fsp3) is 0.226. The average Bonchev–Trinajstić information content (AvgIpc) is 3.27. The van der Waals surface area contributed by atoms with Gasteiger partial charge in [-0.1, -0.05) is 37.6 Å². The number of aromatic nitrogens is 2. The van der Waals surface area contributed by atoms with Crippen LogP contribution in [-0.2, 0) is 11.2 Å². The van der Waals surface area contributed by atoms with Crippen molar-refractivity contribution in [2.45, 2.75) is 39.0 Å². The van der Waals surface area contributed by atoms with E-state index in [1.54, 1.807) is 12.1 Å². The van der Waals surface area contributed by atoms with Crippen LogP contribution in [0.5, 0.6) is 5.75 Å². The minimum absolute atomic E-state index is 0.0592. The van der Waals surface area contributed by atoms with Gasteiger partial charge in [-0.05, 0) is 79.4 Å². The number of unbranched alkanes of at least 4 members (excludes halogenated alkanes) is 1. The molecule has 0 unspecified atom stereocenters. The molecule has 3 aromatic carbocycles. The average molecular weight is 496 g/mol. The lowest BCUT2D eigenvalue weighted by Crippen LogP contribution is -2.11. The Morgan fingerprint density at radius 3 is 2.68 bits per heavy atom. The summed E-state index contributed by atoms with van der Waals surface area (Å²) in [5.74, 6) is 0.453. The number of para-hydroxylation sites is 1. The van der Waals surface area contributed by atoms with Crippen molar-refractivity contribution < 1.29 is 13.9 Å². The van der Waals surface area contributed by atoms with E-state index < -0.39 is 0 Å². The van der Waals surface area contributed by atoms with E-state index in [9.17, 15) is 9.18 Å². The number of aryl methyl sites for hydroxylation is 1. The number of anilines is 1. The van der Waals surface area contributed by atoms with E-state index in [1.807, 2.05) is 60.7 Å². The molecule has 1 amide bonds. The Balaban J connectivity index is 1.29. The van der Waals surface area contributed by atoms with Gasteiger partial charge in [0.05, 0.1) is 23.5 Å². The summed E-state index contributed by atoms with van der Waals surface area (Å²) >= 11 is 0. The number of carbonyl (C=O) groups excluding carboxylic acids is 1. The molecule has 5 nitrogen and oxygen atoms in total. The maximum Gasteiger partial charge on any atom is 0.224 e. The molecule has 188 valence electrons. The normalized spacial score (nSPS) is 11.2. The monoisotopic (exact) mass is 495 g/mol. The van der Waals surface area contributed by atoms with Crippen LogP contribution in [0.3, 0.4) is 0 Å². The van der Waals surface area contributed by atoms with E-state index in [0.29, 0.717) is 25.9 Å². The van der Waals surface area contributed by atoms with Gasteiger partial charge in [-0.2, -0.15) is 0 Å². The van der Waals surface area contributed by atoms with E-state index in [2.05, 4.69) is 17.2 Å². The number of hydrogen-bond donors (Lipinski definition) is 2. The third-order valence-electron chi connectivity index (χ3n) is 6.46. The summed E-state index contributed by atoms with van der Waals surface area (Å²) in [7, 11) is 0. The number of nitrogens with one attached hydrogen (secondary N) is 2. The lowest BCUT2D eigenvalue weighted by atomic mass is 10.0. The van der Waals surface area contributed by atoms with Gasteiger partial charge >= 0.3 is 0 Å². The number of pyridine rings is 1. The molecule has 0 aliphatic heterocycles. The summed E-state index contributed by atoms with van der Waals surface area (Å²) in [6, 6.07) is 24.2. The van der Waals surface area contributed by atoms with E-state index >= 15 is 0 Å². The molecular weight excluding hydrogens is 465 g/mol. The largest absolute Gasteiger partial charge is 0.494 e. The van der Waals surface area contributed by atoms with E-state index in [0.717, 1.165) is 63.0 Å². The Labute approximate surface area is 215 Å². The number of H-pyrrole nitrogens is 1. The van der Waals surface area contributed by atoms with Crippen LogP contribution in [0.25, 0.3) is 33.2 Å². The van der Waals surface area contributed by atoms with Crippen LogP contribution in [0.2, 0.25) is 0 Å². The standard InChI is InChI=1S/C31H30FN3O2/c1-2-3-19-37-24-15-13-23(14-16-24)33-30(36)10-6-8-25-26-20-22(32)12-18-28(26)35-31(25)29-17-11-21-7-4-5-9-27(21)34-29/h4-5,7,9,11-18,20,35H,2-3,6,8,10,19H2,1H3,(H,33,36). The number of rotatable bonds is 10. The first-order valence-corrected chi connectivity index (χ1v) is 12.8. The van der Waals surface area contributed by atoms with Crippen molar-refractivity contribution in [3.63, 3.8) is 0 Å². The van der Waals surface area contributed by atoms with Crippen molar-refractivity contribution in [2.24, 2.45) is 0 Å². The summed E-state index contributed by atoms with van der Waals surface area (Å²) in [5.41, 5.74) is 5.13. The number of fused-ring (bicyclic) bond motifs is 2. The maximum atomic E-state index is 14.1. The highest BCUT2D eigenvalue weighted by atomic mass is 19.1. The van der Waals surface area contributed by atoms with Gasteiger partial charge in [-0.25, -0.2) is 9.37 Å². The molecule has 0 radical (unpaired) electrons. The van der Waals surface area contributed by atoms with Gasteiger partial charge in [0.25, 0.3) is 0 Å². The van der Waals surface area contributed by atoms with E-state index in [4.69, 9.17) is 9.72 Å². The van der Waals surface area contributed by atoms with Crippen molar-refractivity contribution in [1.29, 1.82) is 0 Å². The van der Waals surface area contributed by atoms with Gasteiger partial charge in [-0.3, -0.25) is 4.79 Å². The number of carbonyl (C=O) groups is 1. The molecule has 2 aromatic heterocycles. The maximum absolute atomic E-state index is 14.1. The molecule has 5 aromatic rings. The molecule has 0 bridgehead atoms. The van der Waals surface area contributed by atoms with Crippen LogP contribution in [0, 0.1) is 5.82 Å². The molecule has 2 heterocycles. The third kappa shape index (κ3) is 5.80. The topological polar surface area (TPSA) is 67.0 Å². The number of benzene rings is 3. The highest BCUT2D eigenvalue weighted by Gasteiger charge is 2.16. The molecule has 0 saturated carbocycles. The lowest BCUT2D eigenvalue weighted by Gasteiger charge is -2.09. The predicted octanol–water partition coefficient (Wildman–Crippen LogP) is 7.66. The summed E-state index contributed by atoms with van der Waals surface area (Å²) in [4.78, 5) is 20.9. The molecule has 37 heavy (non-hydrogen) atoms. The number of aromatic amines is 1. The second-order valence-electron chi connectivity index (χ2n) is 9.19. The highest BCUT2D eigenvalue weighted by Crippen LogP contribution is 2.32. The van der Waals surface area contributed by atoms with Crippen LogP contribution < -0.4 is 10.1 Å². The summed E-state index contributed by atoms with van der Waals surface area (Å²) in [5, 5.41) is 4.84. The number of hydrogen-bond acceptors (Lipinski definition) is 3. The molecule has 0 saturated heterocycles. The van der Waals surface area contributed by atoms with Gasteiger partial charge in [0.2, 0.25) is 5.91 Å². The summed E-state index contributed by atoms with van der Waals surface area (Å²) in [6.45, 7) is 2.82. The zero-order valence-electron chi connectivity index (χ0n) is 20.9. The highest BCUT2D eigenvalue weighted by molar-refractivity contribution is 5.92. The molecule has 5 rings (SSSR count). The third-order valence-corrected chi connectivity index (χ3v) is 6.46. The van der Waals surface area contributed by atoms with Crippen LogP contribution in [0.4, 0.5) is 10.1 Å². The zero-order chi connectivity index (χ0) is 25.6. The molecule has 0 aliphatic rings. The van der Waals surface area contributed by atoms with Crippen LogP contribution in [0.1, 0.15) is 38.2 Å². The molecule has 6 heteroatoms. The summed E-state index contributed by atoms with van der Waals surface area (Å²) in [6.07, 6.45) is 3.68. The molecular formula is C31H30FN3O2. The minimum Gasteiger partial charge on any atom is -0.494 e. The van der Waals surface area contributed by atoms with E-state index in [-0.39, 0.29) is 11.7 Å². The van der Waals surface area contributed by atoms with Gasteiger partial charge in [0.15, 0.2) is 0 Å². The second-order valence-corrected chi connectivity index (χ2v) is 9.19. The molecule has 2 N–H and O–H groups in total. The first kappa shape index (κ1) is 24.5. The fourth-order valence-corrected chi connectivity index (χ4v) is 4.52. The van der Waals surface area contributed by atoms with Gasteiger partial charge in [0.1, 0.15) is 11.6 Å². The molecule has 0 atom stereocenters. The van der Waals surface area contributed by atoms with Crippen molar-refractivity contribution in [1.82, 2.24) is 9.97 Å². The van der Waals surface area contributed by atoms with Gasteiger partial charge in [-0.15, -0.1) is 0 Å². The minimum atomic E-state index is -0.286. The number of ether oxygens (including phenoxy) is 1. The van der Waals surface area contributed by atoms with Crippen molar-refractivity contribution in [2.75, 3.05) is 11.9 Å². The van der Waals surface area contributed by atoms with Crippen LogP contribution in [0.15, 0.2) is 78.9 Å². The first-order valence-electron chi connectivity index (χ1n) is 12.8. The number of nitrogens with zero attached hydrogens (tertiary/aromatic N) is 1. The molecule has 0 spiro atoms. The quantitative estimate of drug-likeness (QED) is 0.195. The number of halogens is 1. The Bertz CT molecular complexity index is 1530.